The van der Waals surface area contributed by atoms with Crippen molar-refractivity contribution in [2.24, 2.45) is 0 Å². The van der Waals surface area contributed by atoms with Gasteiger partial charge in [-0.15, -0.1) is 0 Å². The molecule has 0 unspecified atom stereocenters. The minimum absolute atomic E-state index is 0.0668. The third kappa shape index (κ3) is 8.07. The largest absolute Gasteiger partial charge is 0.445 e. The molecule has 0 spiro atoms. The summed E-state index contributed by atoms with van der Waals surface area (Å²) in [7, 11) is 0. The van der Waals surface area contributed by atoms with E-state index in [0.29, 0.717) is 26.1 Å². The molecule has 41 heavy (non-hydrogen) atoms. The summed E-state index contributed by atoms with van der Waals surface area (Å²) in [6, 6.07) is 24.9. The fraction of sp³-hybridized carbons (Fsp3) is 0.394. The predicted octanol–water partition coefficient (Wildman–Crippen LogP) is 5.31. The fourth-order valence-corrected chi connectivity index (χ4v) is 5.64. The first-order valence-corrected chi connectivity index (χ1v) is 14.5. The third-order valence-electron chi connectivity index (χ3n) is 7.98. The molecule has 0 aliphatic carbocycles. The normalized spacial score (nSPS) is 18.2. The molecule has 2 amide bonds. The standard InChI is InChI=1S/C33H39FN4O3/c1-25-22-36(18-19-38(25)33(40)41-24-28-6-3-2-4-7-28)23-27-12-10-26(11-13-27)20-32(39)37-16-14-30(15-17-37)35-31-9-5-8-29(34)21-31/h2-13,21,25,30,35H,14-20,22-24H2,1H3/t25-/m1/s1. The lowest BCUT2D eigenvalue weighted by Gasteiger charge is -2.39. The minimum atomic E-state index is -0.262. The maximum absolute atomic E-state index is 13.5. The van der Waals surface area contributed by atoms with E-state index in [9.17, 15) is 14.0 Å². The Labute approximate surface area is 241 Å². The van der Waals surface area contributed by atoms with Crippen molar-refractivity contribution in [3.63, 3.8) is 0 Å². The molecule has 2 saturated heterocycles. The van der Waals surface area contributed by atoms with Gasteiger partial charge in [0.05, 0.1) is 6.42 Å². The second-order valence-corrected chi connectivity index (χ2v) is 11.1. The minimum Gasteiger partial charge on any atom is -0.445 e. The number of halogens is 1. The third-order valence-corrected chi connectivity index (χ3v) is 7.98. The van der Waals surface area contributed by atoms with Crippen LogP contribution in [-0.4, -0.2) is 71.5 Å². The van der Waals surface area contributed by atoms with Gasteiger partial charge in [0.15, 0.2) is 0 Å². The Kier molecular flexibility index (Phi) is 9.51. The number of piperidine rings is 1. The number of likely N-dealkylation sites (tertiary alicyclic amines) is 1. The van der Waals surface area contributed by atoms with Gasteiger partial charge in [-0.2, -0.15) is 0 Å². The number of amides is 2. The van der Waals surface area contributed by atoms with Crippen LogP contribution in [0.1, 0.15) is 36.5 Å². The molecule has 1 atom stereocenters. The fourth-order valence-electron chi connectivity index (χ4n) is 5.64. The van der Waals surface area contributed by atoms with E-state index in [1.807, 2.05) is 58.3 Å². The van der Waals surface area contributed by atoms with Gasteiger partial charge in [-0.1, -0.05) is 60.7 Å². The molecule has 0 saturated carbocycles. The lowest BCUT2D eigenvalue weighted by molar-refractivity contribution is -0.131. The molecule has 2 fully saturated rings. The summed E-state index contributed by atoms with van der Waals surface area (Å²) >= 11 is 0. The summed E-state index contributed by atoms with van der Waals surface area (Å²) in [5, 5.41) is 3.39. The maximum Gasteiger partial charge on any atom is 0.410 e. The Morgan fingerprint density at radius 3 is 2.32 bits per heavy atom. The molecule has 7 nitrogen and oxygen atoms in total. The molecule has 3 aromatic rings. The lowest BCUT2D eigenvalue weighted by atomic mass is 10.0. The number of nitrogens with one attached hydrogen (secondary N) is 1. The molecule has 0 radical (unpaired) electrons. The Morgan fingerprint density at radius 2 is 1.61 bits per heavy atom. The summed E-state index contributed by atoms with van der Waals surface area (Å²) in [5.41, 5.74) is 3.97. The van der Waals surface area contributed by atoms with Gasteiger partial charge in [0.25, 0.3) is 0 Å². The van der Waals surface area contributed by atoms with E-state index < -0.39 is 0 Å². The van der Waals surface area contributed by atoms with Crippen molar-refractivity contribution in [1.82, 2.24) is 14.7 Å². The van der Waals surface area contributed by atoms with E-state index >= 15 is 0 Å². The molecule has 2 aliphatic heterocycles. The van der Waals surface area contributed by atoms with E-state index in [1.165, 1.54) is 17.7 Å². The van der Waals surface area contributed by atoms with Crippen LogP contribution in [0.3, 0.4) is 0 Å². The highest BCUT2D eigenvalue weighted by Gasteiger charge is 2.28. The number of anilines is 1. The summed E-state index contributed by atoms with van der Waals surface area (Å²) in [6.07, 6.45) is 1.82. The van der Waals surface area contributed by atoms with Gasteiger partial charge in [0, 0.05) is 57.0 Å². The van der Waals surface area contributed by atoms with Crippen molar-refractivity contribution in [3.05, 3.63) is 101 Å². The molecule has 0 bridgehead atoms. The van der Waals surface area contributed by atoms with E-state index in [4.69, 9.17) is 4.74 Å². The molecule has 216 valence electrons. The topological polar surface area (TPSA) is 65.1 Å². The average Bonchev–Trinajstić information content (AvgIpc) is 2.98. The predicted molar refractivity (Wildman–Crippen MR) is 158 cm³/mol. The number of benzene rings is 3. The number of hydrogen-bond acceptors (Lipinski definition) is 5. The Morgan fingerprint density at radius 1 is 0.878 bits per heavy atom. The van der Waals surface area contributed by atoms with Crippen LogP contribution in [0.2, 0.25) is 0 Å². The number of piperazine rings is 1. The highest BCUT2D eigenvalue weighted by Crippen LogP contribution is 2.19. The van der Waals surface area contributed by atoms with Gasteiger partial charge in [-0.25, -0.2) is 9.18 Å². The molecule has 1 N–H and O–H groups in total. The molecule has 2 heterocycles. The molecular weight excluding hydrogens is 519 g/mol. The van der Waals surface area contributed by atoms with Crippen LogP contribution in [0.4, 0.5) is 14.9 Å². The van der Waals surface area contributed by atoms with E-state index in [1.54, 1.807) is 6.07 Å². The van der Waals surface area contributed by atoms with Crippen LogP contribution in [0.15, 0.2) is 78.9 Å². The van der Waals surface area contributed by atoms with Crippen LogP contribution >= 0.6 is 0 Å². The van der Waals surface area contributed by atoms with Crippen molar-refractivity contribution in [2.45, 2.75) is 51.4 Å². The monoisotopic (exact) mass is 558 g/mol. The first-order valence-electron chi connectivity index (χ1n) is 14.5. The number of hydrogen-bond donors (Lipinski definition) is 1. The lowest BCUT2D eigenvalue weighted by Crippen LogP contribution is -2.53. The van der Waals surface area contributed by atoms with Crippen LogP contribution in [0.5, 0.6) is 0 Å². The van der Waals surface area contributed by atoms with Gasteiger partial charge in [-0.05, 0) is 54.7 Å². The zero-order chi connectivity index (χ0) is 28.6. The zero-order valence-corrected chi connectivity index (χ0v) is 23.7. The van der Waals surface area contributed by atoms with Crippen molar-refractivity contribution in [1.29, 1.82) is 0 Å². The van der Waals surface area contributed by atoms with E-state index in [2.05, 4.69) is 29.3 Å². The average molecular weight is 559 g/mol. The van der Waals surface area contributed by atoms with Gasteiger partial charge in [0.2, 0.25) is 5.91 Å². The smallest absolute Gasteiger partial charge is 0.410 e. The Hall–Kier alpha value is -3.91. The second-order valence-electron chi connectivity index (χ2n) is 11.1. The Balaban J connectivity index is 1.03. The SMILES string of the molecule is C[C@@H]1CN(Cc2ccc(CC(=O)N3CCC(Nc4cccc(F)c4)CC3)cc2)CCN1C(=O)OCc1ccccc1. The first-order chi connectivity index (χ1) is 19.9. The summed E-state index contributed by atoms with van der Waals surface area (Å²) in [4.78, 5) is 31.7. The molecular formula is C33H39FN4O3. The van der Waals surface area contributed by atoms with Crippen LogP contribution in [0, 0.1) is 5.82 Å². The van der Waals surface area contributed by atoms with Crippen LogP contribution < -0.4 is 5.32 Å². The van der Waals surface area contributed by atoms with Gasteiger partial charge >= 0.3 is 6.09 Å². The van der Waals surface area contributed by atoms with Crippen LogP contribution in [0.25, 0.3) is 0 Å². The number of ether oxygens (including phenoxy) is 1. The van der Waals surface area contributed by atoms with E-state index in [0.717, 1.165) is 49.3 Å². The van der Waals surface area contributed by atoms with Crippen molar-refractivity contribution in [2.75, 3.05) is 38.0 Å². The van der Waals surface area contributed by atoms with Crippen molar-refractivity contribution < 1.29 is 18.7 Å². The summed E-state index contributed by atoms with van der Waals surface area (Å²) in [5.74, 6) is -0.103. The molecule has 8 heteroatoms. The Bertz CT molecular complexity index is 1300. The molecule has 0 aromatic heterocycles. The van der Waals surface area contributed by atoms with Gasteiger partial charge < -0.3 is 19.9 Å². The highest BCUT2D eigenvalue weighted by atomic mass is 19.1. The van der Waals surface area contributed by atoms with Gasteiger partial charge in [-0.3, -0.25) is 9.69 Å². The molecule has 2 aliphatic rings. The molecule has 5 rings (SSSR count). The first kappa shape index (κ1) is 28.6. The quantitative estimate of drug-likeness (QED) is 0.406. The highest BCUT2D eigenvalue weighted by molar-refractivity contribution is 5.79. The zero-order valence-electron chi connectivity index (χ0n) is 23.7. The van der Waals surface area contributed by atoms with Crippen LogP contribution in [-0.2, 0) is 29.1 Å². The number of carbonyl (C=O) groups excluding carboxylic acids is 2. The van der Waals surface area contributed by atoms with Gasteiger partial charge in [0.1, 0.15) is 12.4 Å². The number of rotatable bonds is 8. The van der Waals surface area contributed by atoms with E-state index in [-0.39, 0.29) is 36.5 Å². The summed E-state index contributed by atoms with van der Waals surface area (Å²) < 4.78 is 19.0. The maximum atomic E-state index is 13.5. The number of carbonyl (C=O) groups is 2. The molecule has 3 aromatic carbocycles. The second kappa shape index (κ2) is 13.6. The van der Waals surface area contributed by atoms with Crippen molar-refractivity contribution >= 4 is 17.7 Å². The number of nitrogens with zero attached hydrogens (tertiary/aromatic N) is 3. The summed E-state index contributed by atoms with van der Waals surface area (Å²) in [6.45, 7) is 6.76. The van der Waals surface area contributed by atoms with Crippen molar-refractivity contribution in [3.8, 4) is 0 Å².